The lowest BCUT2D eigenvalue weighted by Crippen LogP contribution is -2.31. The van der Waals surface area contributed by atoms with E-state index in [9.17, 15) is 8.42 Å². The van der Waals surface area contributed by atoms with Gasteiger partial charge in [0.1, 0.15) is 12.4 Å². The van der Waals surface area contributed by atoms with Crippen LogP contribution in [0.5, 0.6) is 5.75 Å². The lowest BCUT2D eigenvalue weighted by Gasteiger charge is -2.17. The second kappa shape index (κ2) is 8.16. The monoisotopic (exact) mass is 371 g/mol. The number of nitrogens with zero attached hydrogens (tertiary/aromatic N) is 3. The molecule has 1 aromatic heterocycles. The summed E-state index contributed by atoms with van der Waals surface area (Å²) in [4.78, 5) is 0.281. The molecule has 1 heterocycles. The Kier molecular flexibility index (Phi) is 5.70. The van der Waals surface area contributed by atoms with Gasteiger partial charge in [0.2, 0.25) is 10.0 Å². The van der Waals surface area contributed by atoms with Crippen molar-refractivity contribution in [3.05, 3.63) is 78.6 Å². The van der Waals surface area contributed by atoms with Crippen molar-refractivity contribution >= 4 is 10.0 Å². The van der Waals surface area contributed by atoms with Crippen LogP contribution in [0.15, 0.2) is 78.0 Å². The Hall–Kier alpha value is -2.64. The topological polar surface area (TPSA) is 64.4 Å². The van der Waals surface area contributed by atoms with Crippen molar-refractivity contribution in [2.75, 3.05) is 20.2 Å². The molecule has 6 nitrogen and oxygen atoms in total. The zero-order valence-electron chi connectivity index (χ0n) is 14.5. The van der Waals surface area contributed by atoms with Gasteiger partial charge in [-0.15, -0.1) is 0 Å². The third kappa shape index (κ3) is 4.50. The van der Waals surface area contributed by atoms with Gasteiger partial charge in [-0.25, -0.2) is 8.42 Å². The van der Waals surface area contributed by atoms with Crippen molar-refractivity contribution in [1.29, 1.82) is 0 Å². The first kappa shape index (κ1) is 18.2. The molecule has 0 aliphatic heterocycles. The quantitative estimate of drug-likeness (QED) is 0.611. The van der Waals surface area contributed by atoms with Crippen molar-refractivity contribution < 1.29 is 13.2 Å². The van der Waals surface area contributed by atoms with Crippen molar-refractivity contribution in [2.45, 2.75) is 11.4 Å². The zero-order chi connectivity index (χ0) is 18.4. The molecule has 0 amide bonds. The third-order valence-electron chi connectivity index (χ3n) is 3.93. The molecule has 0 spiro atoms. The van der Waals surface area contributed by atoms with Gasteiger partial charge in [0.05, 0.1) is 11.4 Å². The maximum Gasteiger partial charge on any atom is 0.242 e. The minimum Gasteiger partial charge on any atom is -0.492 e. The highest BCUT2D eigenvalue weighted by atomic mass is 32.2. The molecular weight excluding hydrogens is 350 g/mol. The molecule has 0 aliphatic carbocycles. The van der Waals surface area contributed by atoms with E-state index in [4.69, 9.17) is 4.74 Å². The van der Waals surface area contributed by atoms with Crippen LogP contribution in [0.1, 0.15) is 5.56 Å². The van der Waals surface area contributed by atoms with Crippen LogP contribution in [0.3, 0.4) is 0 Å². The number of rotatable bonds is 8. The average Bonchev–Trinajstić information content (AvgIpc) is 3.15. The first-order valence-electron chi connectivity index (χ1n) is 8.26. The first-order valence-corrected chi connectivity index (χ1v) is 9.70. The molecule has 0 fully saturated rings. The van der Waals surface area contributed by atoms with Crippen LogP contribution >= 0.6 is 0 Å². The maximum atomic E-state index is 12.5. The summed E-state index contributed by atoms with van der Waals surface area (Å²) < 4.78 is 33.8. The number of hydrogen-bond acceptors (Lipinski definition) is 4. The van der Waals surface area contributed by atoms with E-state index in [0.717, 1.165) is 5.56 Å². The van der Waals surface area contributed by atoms with E-state index >= 15 is 0 Å². The summed E-state index contributed by atoms with van der Waals surface area (Å²) in [6.07, 6.45) is 3.64. The van der Waals surface area contributed by atoms with E-state index in [-0.39, 0.29) is 18.0 Å². The number of ether oxygens (including phenoxy) is 1. The second-order valence-corrected chi connectivity index (χ2v) is 7.88. The number of sulfonamides is 1. The van der Waals surface area contributed by atoms with E-state index < -0.39 is 10.0 Å². The smallest absolute Gasteiger partial charge is 0.242 e. The summed E-state index contributed by atoms with van der Waals surface area (Å²) in [7, 11) is -1.94. The number of aromatic nitrogens is 2. The van der Waals surface area contributed by atoms with Crippen LogP contribution in [-0.4, -0.2) is 42.7 Å². The molecule has 0 radical (unpaired) electrons. The molecule has 0 aliphatic rings. The molecule has 0 unspecified atom stereocenters. The summed E-state index contributed by atoms with van der Waals surface area (Å²) in [6.45, 7) is 1.20. The molecule has 0 atom stereocenters. The predicted octanol–water partition coefficient (Wildman–Crippen LogP) is 2.63. The van der Waals surface area contributed by atoms with E-state index in [1.165, 1.54) is 4.31 Å². The van der Waals surface area contributed by atoms with E-state index in [2.05, 4.69) is 5.10 Å². The van der Waals surface area contributed by atoms with Gasteiger partial charge in [-0.3, -0.25) is 4.68 Å². The van der Waals surface area contributed by atoms with Crippen molar-refractivity contribution in [1.82, 2.24) is 14.1 Å². The van der Waals surface area contributed by atoms with Crippen LogP contribution < -0.4 is 4.74 Å². The fraction of sp³-hybridized carbons (Fsp3) is 0.211. The van der Waals surface area contributed by atoms with Gasteiger partial charge in [-0.2, -0.15) is 9.40 Å². The van der Waals surface area contributed by atoms with Gasteiger partial charge < -0.3 is 4.74 Å². The predicted molar refractivity (Wildman–Crippen MR) is 99.5 cm³/mol. The maximum absolute atomic E-state index is 12.5. The molecular formula is C19H21N3O3S. The van der Waals surface area contributed by atoms with E-state index in [0.29, 0.717) is 12.3 Å². The SMILES string of the molecule is CN(CCOc1cccc(Cn2cccn2)c1)S(=O)(=O)c1ccccc1. The fourth-order valence-electron chi connectivity index (χ4n) is 2.50. The first-order chi connectivity index (χ1) is 12.6. The van der Waals surface area contributed by atoms with Crippen LogP contribution in [0.2, 0.25) is 0 Å². The van der Waals surface area contributed by atoms with Gasteiger partial charge >= 0.3 is 0 Å². The van der Waals surface area contributed by atoms with Gasteiger partial charge in [-0.05, 0) is 35.9 Å². The molecule has 136 valence electrons. The summed E-state index contributed by atoms with van der Waals surface area (Å²) in [6, 6.07) is 18.0. The summed E-state index contributed by atoms with van der Waals surface area (Å²) in [5.41, 5.74) is 1.07. The molecule has 2 aromatic carbocycles. The van der Waals surface area contributed by atoms with E-state index in [1.54, 1.807) is 43.6 Å². The minimum atomic E-state index is -3.49. The number of likely N-dealkylation sites (N-methyl/N-ethyl adjacent to an activating group) is 1. The molecule has 3 aromatic rings. The Balaban J connectivity index is 1.56. The van der Waals surface area contributed by atoms with Crippen LogP contribution in [0, 0.1) is 0 Å². The second-order valence-electron chi connectivity index (χ2n) is 5.84. The van der Waals surface area contributed by atoms with Crippen LogP contribution in [0.4, 0.5) is 0 Å². The largest absolute Gasteiger partial charge is 0.492 e. The molecule has 0 saturated carbocycles. The van der Waals surface area contributed by atoms with Gasteiger partial charge in [0.15, 0.2) is 0 Å². The highest BCUT2D eigenvalue weighted by Gasteiger charge is 2.19. The highest BCUT2D eigenvalue weighted by molar-refractivity contribution is 7.89. The Morgan fingerprint density at radius 1 is 1.08 bits per heavy atom. The summed E-state index contributed by atoms with van der Waals surface area (Å²) >= 11 is 0. The lowest BCUT2D eigenvalue weighted by atomic mass is 10.2. The Bertz CT molecular complexity index is 926. The molecule has 0 saturated heterocycles. The van der Waals surface area contributed by atoms with Gasteiger partial charge in [0, 0.05) is 26.0 Å². The van der Waals surface area contributed by atoms with Gasteiger partial charge in [0.25, 0.3) is 0 Å². The molecule has 0 bridgehead atoms. The van der Waals surface area contributed by atoms with Crippen LogP contribution in [-0.2, 0) is 16.6 Å². The third-order valence-corrected chi connectivity index (χ3v) is 5.80. The molecule has 3 rings (SSSR count). The minimum absolute atomic E-state index is 0.264. The molecule has 26 heavy (non-hydrogen) atoms. The van der Waals surface area contributed by atoms with Crippen molar-refractivity contribution in [3.8, 4) is 5.75 Å². The zero-order valence-corrected chi connectivity index (χ0v) is 15.3. The highest BCUT2D eigenvalue weighted by Crippen LogP contribution is 2.16. The standard InChI is InChI=1S/C19H21N3O3S/c1-21(26(23,24)19-9-3-2-4-10-19)13-14-25-18-8-5-7-17(15-18)16-22-12-6-11-20-22/h2-12,15H,13-14,16H2,1H3. The number of benzene rings is 2. The summed E-state index contributed by atoms with van der Waals surface area (Å²) in [5.74, 6) is 0.708. The normalized spacial score (nSPS) is 11.6. The van der Waals surface area contributed by atoms with E-state index in [1.807, 2.05) is 41.2 Å². The lowest BCUT2D eigenvalue weighted by molar-refractivity contribution is 0.286. The Morgan fingerprint density at radius 2 is 1.88 bits per heavy atom. The molecule has 0 N–H and O–H groups in total. The Morgan fingerprint density at radius 3 is 2.62 bits per heavy atom. The summed E-state index contributed by atoms with van der Waals surface area (Å²) in [5, 5.41) is 4.18. The number of hydrogen-bond donors (Lipinski definition) is 0. The average molecular weight is 371 g/mol. The Labute approximate surface area is 153 Å². The molecule has 7 heteroatoms. The van der Waals surface area contributed by atoms with Gasteiger partial charge in [-0.1, -0.05) is 30.3 Å². The fourth-order valence-corrected chi connectivity index (χ4v) is 3.68. The van der Waals surface area contributed by atoms with Crippen molar-refractivity contribution in [3.63, 3.8) is 0 Å². The van der Waals surface area contributed by atoms with Crippen LogP contribution in [0.25, 0.3) is 0 Å². The van der Waals surface area contributed by atoms with Crippen molar-refractivity contribution in [2.24, 2.45) is 0 Å².